The number of hydrogen-bond acceptors (Lipinski definition) is 5. The largest absolute Gasteiger partial charge is 0.493 e. The predicted octanol–water partition coefficient (Wildman–Crippen LogP) is 11.0. The van der Waals surface area contributed by atoms with E-state index in [0.29, 0.717) is 31.2 Å². The van der Waals surface area contributed by atoms with Crippen LogP contribution in [0.5, 0.6) is 11.5 Å². The van der Waals surface area contributed by atoms with Crippen LogP contribution in [-0.2, 0) is 28.5 Å². The molecule has 4 aromatic carbocycles. The highest BCUT2D eigenvalue weighted by Gasteiger charge is 2.64. The van der Waals surface area contributed by atoms with Crippen molar-refractivity contribution in [2.24, 2.45) is 11.8 Å². The van der Waals surface area contributed by atoms with Gasteiger partial charge in [-0.25, -0.2) is 4.39 Å². The number of fused-ring (bicyclic) bond motifs is 1. The fourth-order valence-corrected chi connectivity index (χ4v) is 11.0. The SMILES string of the molecule is CNC(C1CC1)(C1CC1)C1(c2cc3cc(OC)c(OC)cc3c(CCCC(CCCNC(=O)CCc3ccc(F)cc3)(c3ccccc3)c3ccccc3)n2)C=CCCC1. The molecule has 2 N–H and O–H groups in total. The molecule has 1 unspecified atom stereocenters. The van der Waals surface area contributed by atoms with E-state index >= 15 is 0 Å². The Balaban J connectivity index is 1.11. The Labute approximate surface area is 356 Å². The van der Waals surface area contributed by atoms with Crippen LogP contribution in [0.25, 0.3) is 10.8 Å². The number of likely N-dealkylation sites (N-methyl/N-ethyl adjacent to an activating group) is 1. The number of benzene rings is 4. The van der Waals surface area contributed by atoms with Crippen molar-refractivity contribution in [3.05, 3.63) is 149 Å². The Bertz CT molecular complexity index is 2200. The van der Waals surface area contributed by atoms with Gasteiger partial charge in [-0.15, -0.1) is 0 Å². The Morgan fingerprint density at radius 2 is 1.45 bits per heavy atom. The minimum absolute atomic E-state index is 0.00935. The van der Waals surface area contributed by atoms with Gasteiger partial charge in [0.1, 0.15) is 5.82 Å². The van der Waals surface area contributed by atoms with Gasteiger partial charge in [0.15, 0.2) is 11.5 Å². The number of carbonyl (C=O) groups is 1. The first-order valence-corrected chi connectivity index (χ1v) is 22.4. The van der Waals surface area contributed by atoms with Crippen molar-refractivity contribution < 1.29 is 18.7 Å². The number of aromatic nitrogens is 1. The number of hydrogen-bond donors (Lipinski definition) is 2. The summed E-state index contributed by atoms with van der Waals surface area (Å²) < 4.78 is 25.2. The quantitative estimate of drug-likeness (QED) is 0.0605. The summed E-state index contributed by atoms with van der Waals surface area (Å²) in [7, 11) is 5.64. The molecule has 0 aliphatic heterocycles. The first-order chi connectivity index (χ1) is 29.4. The van der Waals surface area contributed by atoms with Gasteiger partial charge in [0.2, 0.25) is 5.91 Å². The van der Waals surface area contributed by atoms with Gasteiger partial charge in [0.05, 0.1) is 19.9 Å². The van der Waals surface area contributed by atoms with Crippen molar-refractivity contribution in [3.8, 4) is 11.5 Å². The standard InChI is InChI=1S/C53H62FN3O3/c1-55-53(42-23-24-42,43-25-26-43)52(32-11-6-12-33-52)49-36-39-35-47(59-2)48(60-3)37-45(39)46(57-49)19-13-30-51(40-15-7-4-8-16-40,41-17-9-5-10-18-41)31-14-34-56-50(58)29-22-38-20-27-44(54)28-21-38/h4-5,7-11,15-18,20-21,27-28,32,35-37,42-43,55H,6,12-14,19,22-26,29-31,33-34H2,1-3H3,(H,56,58). The number of nitrogens with one attached hydrogen (secondary N) is 2. The smallest absolute Gasteiger partial charge is 0.220 e. The molecule has 3 aliphatic rings. The Kier molecular flexibility index (Phi) is 12.7. The number of allylic oxidation sites excluding steroid dienone is 1. The zero-order valence-corrected chi connectivity index (χ0v) is 35.8. The maximum absolute atomic E-state index is 13.4. The second-order valence-corrected chi connectivity index (χ2v) is 17.6. The number of ether oxygens (including phenoxy) is 2. The molecule has 7 heteroatoms. The summed E-state index contributed by atoms with van der Waals surface area (Å²) in [4.78, 5) is 18.8. The zero-order chi connectivity index (χ0) is 41.6. The fraction of sp³-hybridized carbons (Fsp3) is 0.434. The van der Waals surface area contributed by atoms with E-state index in [1.807, 2.05) is 0 Å². The van der Waals surface area contributed by atoms with Crippen LogP contribution in [0, 0.1) is 17.7 Å². The number of nitrogens with zero attached hydrogens (tertiary/aromatic N) is 1. The molecule has 1 amide bonds. The van der Waals surface area contributed by atoms with Gasteiger partial charge in [0, 0.05) is 40.4 Å². The summed E-state index contributed by atoms with van der Waals surface area (Å²) in [6.07, 6.45) is 18.8. The van der Waals surface area contributed by atoms with E-state index < -0.39 is 0 Å². The highest BCUT2D eigenvalue weighted by molar-refractivity contribution is 5.89. The van der Waals surface area contributed by atoms with E-state index in [4.69, 9.17) is 14.5 Å². The lowest BCUT2D eigenvalue weighted by atomic mass is 9.58. The first-order valence-electron chi connectivity index (χ1n) is 22.4. The van der Waals surface area contributed by atoms with Crippen LogP contribution in [-0.4, -0.2) is 44.2 Å². The number of rotatable bonds is 20. The highest BCUT2D eigenvalue weighted by Crippen LogP contribution is 2.62. The average Bonchev–Trinajstić information content (AvgIpc) is 4.25. The van der Waals surface area contributed by atoms with Gasteiger partial charge < -0.3 is 20.1 Å². The van der Waals surface area contributed by atoms with Crippen molar-refractivity contribution in [1.82, 2.24) is 15.6 Å². The molecule has 2 fully saturated rings. The van der Waals surface area contributed by atoms with E-state index in [0.717, 1.165) is 84.9 Å². The molecule has 1 heterocycles. The van der Waals surface area contributed by atoms with E-state index in [-0.39, 0.29) is 28.1 Å². The lowest BCUT2D eigenvalue weighted by molar-refractivity contribution is -0.121. The lowest BCUT2D eigenvalue weighted by Crippen LogP contribution is -2.63. The van der Waals surface area contributed by atoms with Gasteiger partial charge in [-0.05, 0) is 155 Å². The van der Waals surface area contributed by atoms with Crippen LogP contribution in [0.4, 0.5) is 4.39 Å². The number of pyridine rings is 1. The maximum atomic E-state index is 13.4. The predicted molar refractivity (Wildman–Crippen MR) is 240 cm³/mol. The molecule has 0 saturated heterocycles. The molecule has 2 saturated carbocycles. The Morgan fingerprint density at radius 1 is 0.817 bits per heavy atom. The summed E-state index contributed by atoms with van der Waals surface area (Å²) in [6.45, 7) is 0.588. The van der Waals surface area contributed by atoms with Gasteiger partial charge in [-0.2, -0.15) is 0 Å². The summed E-state index contributed by atoms with van der Waals surface area (Å²) in [6, 6.07) is 34.9. The molecule has 0 spiro atoms. The Hall–Kier alpha value is -5.01. The van der Waals surface area contributed by atoms with Crippen molar-refractivity contribution >= 4 is 16.7 Å². The van der Waals surface area contributed by atoms with Crippen LogP contribution in [0.2, 0.25) is 0 Å². The van der Waals surface area contributed by atoms with Gasteiger partial charge in [0.25, 0.3) is 0 Å². The number of halogens is 1. The molecule has 314 valence electrons. The third-order valence-electron chi connectivity index (χ3n) is 14.1. The molecule has 1 aromatic heterocycles. The monoisotopic (exact) mass is 807 g/mol. The third-order valence-corrected chi connectivity index (χ3v) is 14.1. The molecule has 1 atom stereocenters. The van der Waals surface area contributed by atoms with Crippen LogP contribution in [0.15, 0.2) is 115 Å². The Morgan fingerprint density at radius 3 is 2.03 bits per heavy atom. The second-order valence-electron chi connectivity index (χ2n) is 17.6. The number of methoxy groups -OCH3 is 2. The second kappa shape index (κ2) is 18.3. The van der Waals surface area contributed by atoms with Crippen LogP contribution < -0.4 is 20.1 Å². The minimum atomic E-state index is -0.276. The highest BCUT2D eigenvalue weighted by atomic mass is 19.1. The fourth-order valence-electron chi connectivity index (χ4n) is 11.0. The third kappa shape index (κ3) is 8.35. The molecular formula is C53H62FN3O3. The summed E-state index contributed by atoms with van der Waals surface area (Å²) in [5, 5.41) is 9.48. The summed E-state index contributed by atoms with van der Waals surface area (Å²) in [5.74, 6) is 2.52. The molecule has 3 aliphatic carbocycles. The zero-order valence-electron chi connectivity index (χ0n) is 35.8. The minimum Gasteiger partial charge on any atom is -0.493 e. The molecule has 0 bridgehead atoms. The van der Waals surface area contributed by atoms with E-state index in [2.05, 4.69) is 109 Å². The van der Waals surface area contributed by atoms with E-state index in [1.165, 1.54) is 54.6 Å². The molecule has 5 aromatic rings. The van der Waals surface area contributed by atoms with Crippen molar-refractivity contribution in [2.45, 2.75) is 106 Å². The van der Waals surface area contributed by atoms with Crippen molar-refractivity contribution in [2.75, 3.05) is 27.8 Å². The number of aryl methyl sites for hydroxylation is 2. The van der Waals surface area contributed by atoms with E-state index in [9.17, 15) is 9.18 Å². The van der Waals surface area contributed by atoms with Gasteiger partial charge >= 0.3 is 0 Å². The molecule has 0 radical (unpaired) electrons. The molecule has 8 rings (SSSR count). The number of amides is 1. The van der Waals surface area contributed by atoms with Crippen molar-refractivity contribution in [3.63, 3.8) is 0 Å². The van der Waals surface area contributed by atoms with Crippen LogP contribution >= 0.6 is 0 Å². The summed E-state index contributed by atoms with van der Waals surface area (Å²) in [5.41, 5.74) is 5.36. The van der Waals surface area contributed by atoms with Crippen LogP contribution in [0.3, 0.4) is 0 Å². The van der Waals surface area contributed by atoms with Crippen LogP contribution in [0.1, 0.15) is 105 Å². The first kappa shape index (κ1) is 41.7. The number of carbonyl (C=O) groups excluding carboxylic acids is 1. The van der Waals surface area contributed by atoms with Gasteiger partial charge in [-0.1, -0.05) is 84.9 Å². The molecule has 60 heavy (non-hydrogen) atoms. The average molecular weight is 808 g/mol. The van der Waals surface area contributed by atoms with Gasteiger partial charge in [-0.3, -0.25) is 9.78 Å². The lowest BCUT2D eigenvalue weighted by Gasteiger charge is -2.52. The van der Waals surface area contributed by atoms with Crippen molar-refractivity contribution in [1.29, 1.82) is 0 Å². The topological polar surface area (TPSA) is 72.5 Å². The van der Waals surface area contributed by atoms with E-state index in [1.54, 1.807) is 26.4 Å². The maximum Gasteiger partial charge on any atom is 0.220 e. The summed E-state index contributed by atoms with van der Waals surface area (Å²) >= 11 is 0. The molecular weight excluding hydrogens is 746 g/mol. The molecule has 6 nitrogen and oxygen atoms in total. The normalized spacial score (nSPS) is 18.1.